The molecule has 0 aliphatic carbocycles. The first-order valence-corrected chi connectivity index (χ1v) is 5.98. The minimum Gasteiger partial charge on any atom is -0.466 e. The van der Waals surface area contributed by atoms with Crippen LogP contribution in [0.4, 0.5) is 0 Å². The van der Waals surface area contributed by atoms with E-state index in [1.165, 1.54) is 7.11 Å². The molecule has 5 nitrogen and oxygen atoms in total. The molecule has 0 radical (unpaired) electrons. The Morgan fingerprint density at radius 1 is 1.29 bits per heavy atom. The molecule has 1 aliphatic rings. The largest absolute Gasteiger partial charge is 0.466 e. The van der Waals surface area contributed by atoms with Crippen molar-refractivity contribution in [3.8, 4) is 0 Å². The molecule has 5 heteroatoms. The molecular weight excluding hydrogens is 220 g/mol. The number of nitrogens with zero attached hydrogens (tertiary/aromatic N) is 2. The third kappa shape index (κ3) is 4.85. The van der Waals surface area contributed by atoms with Gasteiger partial charge >= 0.3 is 5.97 Å². The fourth-order valence-electron chi connectivity index (χ4n) is 1.85. The third-order valence-corrected chi connectivity index (χ3v) is 3.04. The maximum Gasteiger partial charge on any atom is 0.333 e. The van der Waals surface area contributed by atoms with Crippen molar-refractivity contribution in [1.29, 1.82) is 0 Å². The molecule has 0 saturated carbocycles. The SMILES string of the molecule is COC(=O)C(C)=CCN1CCN(CCO)CC1. The van der Waals surface area contributed by atoms with Crippen LogP contribution in [0.1, 0.15) is 6.92 Å². The van der Waals surface area contributed by atoms with Crippen LogP contribution in [0.25, 0.3) is 0 Å². The molecule has 0 atom stereocenters. The van der Waals surface area contributed by atoms with Crippen molar-refractivity contribution in [2.45, 2.75) is 6.92 Å². The molecule has 0 aromatic carbocycles. The fraction of sp³-hybridized carbons (Fsp3) is 0.750. The lowest BCUT2D eigenvalue weighted by Gasteiger charge is -2.33. The third-order valence-electron chi connectivity index (χ3n) is 3.04. The van der Waals surface area contributed by atoms with E-state index < -0.39 is 0 Å². The van der Waals surface area contributed by atoms with Gasteiger partial charge in [0.25, 0.3) is 0 Å². The highest BCUT2D eigenvalue weighted by molar-refractivity contribution is 5.87. The van der Waals surface area contributed by atoms with Crippen LogP contribution in [-0.4, -0.2) is 73.9 Å². The molecule has 1 aliphatic heterocycles. The number of methoxy groups -OCH3 is 1. The fourth-order valence-corrected chi connectivity index (χ4v) is 1.85. The number of esters is 1. The van der Waals surface area contributed by atoms with Crippen molar-refractivity contribution in [2.75, 3.05) is 53.0 Å². The maximum absolute atomic E-state index is 11.2. The second-order valence-electron chi connectivity index (χ2n) is 4.24. The van der Waals surface area contributed by atoms with E-state index in [1.54, 1.807) is 6.92 Å². The number of rotatable bonds is 5. The van der Waals surface area contributed by atoms with E-state index in [1.807, 2.05) is 6.08 Å². The Labute approximate surface area is 103 Å². The Kier molecular flexibility index (Phi) is 6.18. The van der Waals surface area contributed by atoms with Crippen molar-refractivity contribution in [3.63, 3.8) is 0 Å². The van der Waals surface area contributed by atoms with Crippen molar-refractivity contribution >= 4 is 5.97 Å². The monoisotopic (exact) mass is 242 g/mol. The standard InChI is InChI=1S/C12H22N2O3/c1-11(12(16)17-2)3-4-13-5-7-14(8-6-13)9-10-15/h3,15H,4-10H2,1-2H3. The number of β-amino-alcohol motifs (C(OH)–C–C–N with tert-alkyl or cyclic N) is 1. The molecule has 0 aromatic heterocycles. The lowest BCUT2D eigenvalue weighted by molar-refractivity contribution is -0.136. The van der Waals surface area contributed by atoms with Gasteiger partial charge in [-0.3, -0.25) is 9.80 Å². The van der Waals surface area contributed by atoms with E-state index >= 15 is 0 Å². The van der Waals surface area contributed by atoms with Gasteiger partial charge in [0.15, 0.2) is 0 Å². The predicted molar refractivity (Wildman–Crippen MR) is 65.7 cm³/mol. The number of hydrogen-bond acceptors (Lipinski definition) is 5. The van der Waals surface area contributed by atoms with Gasteiger partial charge < -0.3 is 9.84 Å². The van der Waals surface area contributed by atoms with E-state index in [4.69, 9.17) is 5.11 Å². The Morgan fingerprint density at radius 3 is 2.41 bits per heavy atom. The summed E-state index contributed by atoms with van der Waals surface area (Å²) in [7, 11) is 1.40. The average molecular weight is 242 g/mol. The highest BCUT2D eigenvalue weighted by Crippen LogP contribution is 2.03. The number of ether oxygens (including phenoxy) is 1. The summed E-state index contributed by atoms with van der Waals surface area (Å²) in [6.45, 7) is 7.45. The average Bonchev–Trinajstić information content (AvgIpc) is 2.37. The molecule has 0 spiro atoms. The summed E-state index contributed by atoms with van der Waals surface area (Å²) in [5, 5.41) is 8.83. The van der Waals surface area contributed by atoms with Gasteiger partial charge in [0.05, 0.1) is 13.7 Å². The van der Waals surface area contributed by atoms with E-state index in [0.29, 0.717) is 5.57 Å². The summed E-state index contributed by atoms with van der Waals surface area (Å²) in [6, 6.07) is 0. The summed E-state index contributed by atoms with van der Waals surface area (Å²) in [5.74, 6) is -0.260. The normalized spacial score (nSPS) is 19.4. The van der Waals surface area contributed by atoms with Gasteiger partial charge in [-0.25, -0.2) is 4.79 Å². The van der Waals surface area contributed by atoms with E-state index in [9.17, 15) is 4.79 Å². The summed E-state index contributed by atoms with van der Waals surface area (Å²) < 4.78 is 4.64. The molecule has 1 rings (SSSR count). The summed E-state index contributed by atoms with van der Waals surface area (Å²) in [6.07, 6.45) is 1.91. The highest BCUT2D eigenvalue weighted by Gasteiger charge is 2.15. The van der Waals surface area contributed by atoms with Gasteiger partial charge in [-0.1, -0.05) is 6.08 Å². The van der Waals surface area contributed by atoms with E-state index in [-0.39, 0.29) is 12.6 Å². The van der Waals surface area contributed by atoms with Crippen molar-refractivity contribution in [3.05, 3.63) is 11.6 Å². The number of piperazine rings is 1. The van der Waals surface area contributed by atoms with Crippen LogP contribution >= 0.6 is 0 Å². The lowest BCUT2D eigenvalue weighted by Crippen LogP contribution is -2.47. The molecule has 1 heterocycles. The van der Waals surface area contributed by atoms with Gasteiger partial charge in [-0.15, -0.1) is 0 Å². The van der Waals surface area contributed by atoms with Crippen LogP contribution in [-0.2, 0) is 9.53 Å². The summed E-state index contributed by atoms with van der Waals surface area (Å²) in [4.78, 5) is 15.7. The van der Waals surface area contributed by atoms with E-state index in [2.05, 4.69) is 14.5 Å². The Morgan fingerprint density at radius 2 is 1.88 bits per heavy atom. The number of hydrogen-bond donors (Lipinski definition) is 1. The smallest absolute Gasteiger partial charge is 0.333 e. The van der Waals surface area contributed by atoms with E-state index in [0.717, 1.165) is 39.3 Å². The number of aliphatic hydroxyl groups excluding tert-OH is 1. The van der Waals surface area contributed by atoms with Gasteiger partial charge in [0, 0.05) is 44.8 Å². The Bertz CT molecular complexity index is 271. The molecular formula is C12H22N2O3. The molecule has 1 fully saturated rings. The Hall–Kier alpha value is -0.910. The van der Waals surface area contributed by atoms with Gasteiger partial charge in [-0.05, 0) is 6.92 Å². The molecule has 1 saturated heterocycles. The molecule has 17 heavy (non-hydrogen) atoms. The van der Waals surface area contributed by atoms with Crippen LogP contribution in [0.5, 0.6) is 0 Å². The highest BCUT2D eigenvalue weighted by atomic mass is 16.5. The molecule has 1 N–H and O–H groups in total. The first kappa shape index (κ1) is 14.2. The predicted octanol–water partition coefficient (Wildman–Crippen LogP) is -0.284. The summed E-state index contributed by atoms with van der Waals surface area (Å²) >= 11 is 0. The molecule has 0 unspecified atom stereocenters. The summed E-state index contributed by atoms with van der Waals surface area (Å²) in [5.41, 5.74) is 0.658. The van der Waals surface area contributed by atoms with Crippen LogP contribution in [0.2, 0.25) is 0 Å². The zero-order chi connectivity index (χ0) is 12.7. The van der Waals surface area contributed by atoms with Crippen molar-refractivity contribution in [1.82, 2.24) is 9.80 Å². The topological polar surface area (TPSA) is 53.0 Å². The minimum absolute atomic E-state index is 0.224. The second-order valence-corrected chi connectivity index (χ2v) is 4.24. The number of carbonyl (C=O) groups is 1. The van der Waals surface area contributed by atoms with Crippen LogP contribution in [0.15, 0.2) is 11.6 Å². The van der Waals surface area contributed by atoms with Gasteiger partial charge in [0.1, 0.15) is 0 Å². The quantitative estimate of drug-likeness (QED) is 0.530. The molecule has 98 valence electrons. The van der Waals surface area contributed by atoms with Gasteiger partial charge in [-0.2, -0.15) is 0 Å². The van der Waals surface area contributed by atoms with Gasteiger partial charge in [0.2, 0.25) is 0 Å². The first-order chi connectivity index (χ1) is 8.17. The number of aliphatic hydroxyl groups is 1. The van der Waals surface area contributed by atoms with Crippen LogP contribution in [0, 0.1) is 0 Å². The zero-order valence-corrected chi connectivity index (χ0v) is 10.7. The van der Waals surface area contributed by atoms with Crippen molar-refractivity contribution in [2.24, 2.45) is 0 Å². The molecule has 0 amide bonds. The first-order valence-electron chi connectivity index (χ1n) is 5.98. The maximum atomic E-state index is 11.2. The lowest BCUT2D eigenvalue weighted by atomic mass is 10.2. The van der Waals surface area contributed by atoms with Crippen LogP contribution < -0.4 is 0 Å². The van der Waals surface area contributed by atoms with Crippen molar-refractivity contribution < 1.29 is 14.6 Å². The Balaban J connectivity index is 2.28. The van der Waals surface area contributed by atoms with Crippen LogP contribution in [0.3, 0.4) is 0 Å². The molecule has 0 bridgehead atoms. The second kappa shape index (κ2) is 7.42. The number of carbonyl (C=O) groups excluding carboxylic acids is 1. The molecule has 0 aromatic rings. The zero-order valence-electron chi connectivity index (χ0n) is 10.7. The minimum atomic E-state index is -0.260.